The van der Waals surface area contributed by atoms with Gasteiger partial charge in [-0.15, -0.1) is 11.3 Å². The summed E-state index contributed by atoms with van der Waals surface area (Å²) in [5.41, 5.74) is 4.23. The predicted octanol–water partition coefficient (Wildman–Crippen LogP) is 6.74. The van der Waals surface area contributed by atoms with Crippen LogP contribution in [0.3, 0.4) is 0 Å². The summed E-state index contributed by atoms with van der Waals surface area (Å²) in [4.78, 5) is 24.2. The van der Waals surface area contributed by atoms with Crippen molar-refractivity contribution in [1.82, 2.24) is 24.8 Å². The van der Waals surface area contributed by atoms with Crippen LogP contribution in [0.5, 0.6) is 0 Å². The Morgan fingerprint density at radius 2 is 1.92 bits per heavy atom. The number of rotatable bonds is 10. The largest absolute Gasteiger partial charge is 0.393 e. The molecule has 254 valence electrons. The molecule has 0 unspecified atom stereocenters. The Balaban J connectivity index is 1.01. The maximum Gasteiger partial charge on any atom is 0.393 e. The minimum atomic E-state index is -4.28. The van der Waals surface area contributed by atoms with E-state index >= 15 is 0 Å². The first-order valence-electron chi connectivity index (χ1n) is 16.7. The average Bonchev–Trinajstić information content (AvgIpc) is 3.61. The van der Waals surface area contributed by atoms with E-state index in [0.717, 1.165) is 74.1 Å². The maximum absolute atomic E-state index is 13.1. The fourth-order valence-electron chi connectivity index (χ4n) is 8.37. The van der Waals surface area contributed by atoms with Crippen LogP contribution < -0.4 is 16.0 Å². The molecule has 0 radical (unpaired) electrons. The highest BCUT2D eigenvalue weighted by molar-refractivity contribution is 7.18. The lowest BCUT2D eigenvalue weighted by atomic mass is 9.33. The molecule has 1 amide bonds. The van der Waals surface area contributed by atoms with Crippen molar-refractivity contribution in [3.05, 3.63) is 46.0 Å². The maximum atomic E-state index is 13.1. The summed E-state index contributed by atoms with van der Waals surface area (Å²) < 4.78 is 41.4. The van der Waals surface area contributed by atoms with E-state index in [2.05, 4.69) is 67.4 Å². The molecule has 2 bridgehead atoms. The van der Waals surface area contributed by atoms with Crippen LogP contribution in [0.2, 0.25) is 0 Å². The van der Waals surface area contributed by atoms with Gasteiger partial charge in [0, 0.05) is 67.0 Å². The minimum Gasteiger partial charge on any atom is -0.367 e. The van der Waals surface area contributed by atoms with Crippen LogP contribution in [-0.4, -0.2) is 63.2 Å². The average molecular weight is 679 g/mol. The molecule has 3 N–H and O–H groups in total. The molecular weight excluding hydrogens is 638 g/mol. The first-order chi connectivity index (χ1) is 22.9. The number of benzene rings is 1. The molecule has 8 rings (SSSR count). The van der Waals surface area contributed by atoms with Crippen molar-refractivity contribution in [2.24, 2.45) is 11.3 Å². The Labute approximate surface area is 281 Å². The zero-order valence-corrected chi connectivity index (χ0v) is 28.5. The van der Waals surface area contributed by atoms with E-state index in [4.69, 9.17) is 0 Å². The molecule has 4 aromatic rings. The number of anilines is 2. The van der Waals surface area contributed by atoms with Gasteiger partial charge >= 0.3 is 6.18 Å². The number of alkyl halides is 3. The molecule has 4 fully saturated rings. The van der Waals surface area contributed by atoms with Gasteiger partial charge in [0.15, 0.2) is 0 Å². The number of piperidine rings is 1. The molecule has 0 spiro atoms. The third-order valence-electron chi connectivity index (χ3n) is 11.2. The van der Waals surface area contributed by atoms with Gasteiger partial charge in [-0.1, -0.05) is 19.9 Å². The Kier molecular flexibility index (Phi) is 8.10. The van der Waals surface area contributed by atoms with Gasteiger partial charge in [0.2, 0.25) is 11.9 Å². The molecule has 1 atom stereocenters. The first kappa shape index (κ1) is 32.6. The SMILES string of the molecule is CCC(=O)NC12CC(Cn3c(C#N)cc4c(C)c(CN5CCC(Nc6nc(NC)nc7sc(CC(F)(F)F)cc67)CC5)ccc43)(C1)[C@@H]2C. The van der Waals surface area contributed by atoms with Crippen molar-refractivity contribution in [3.8, 4) is 6.07 Å². The fraction of sp³-hybridized carbons (Fsp3) is 0.543. The van der Waals surface area contributed by atoms with Crippen molar-refractivity contribution in [2.45, 2.75) is 90.1 Å². The van der Waals surface area contributed by atoms with Crippen LogP contribution in [0, 0.1) is 29.6 Å². The Bertz CT molecular complexity index is 1930. The molecular formula is C35H41F3N8OS. The lowest BCUT2D eigenvalue weighted by molar-refractivity contribution is -0.228. The fourth-order valence-corrected chi connectivity index (χ4v) is 9.43. The monoisotopic (exact) mass is 678 g/mol. The van der Waals surface area contributed by atoms with Gasteiger partial charge in [0.05, 0.1) is 11.8 Å². The predicted molar refractivity (Wildman–Crippen MR) is 182 cm³/mol. The zero-order valence-electron chi connectivity index (χ0n) is 27.7. The zero-order chi connectivity index (χ0) is 34.0. The van der Waals surface area contributed by atoms with Gasteiger partial charge in [0.1, 0.15) is 22.4 Å². The molecule has 13 heteroatoms. The third-order valence-corrected chi connectivity index (χ3v) is 12.2. The number of nitrogens with zero attached hydrogens (tertiary/aromatic N) is 5. The normalized spacial score (nSPS) is 24.2. The van der Waals surface area contributed by atoms with E-state index in [0.29, 0.717) is 40.0 Å². The lowest BCUT2D eigenvalue weighted by Gasteiger charge is -2.76. The number of thiophene rings is 1. The van der Waals surface area contributed by atoms with Gasteiger partial charge in [-0.3, -0.25) is 9.69 Å². The topological polar surface area (TPSA) is 111 Å². The summed E-state index contributed by atoms with van der Waals surface area (Å²) in [7, 11) is 1.70. The van der Waals surface area contributed by atoms with Gasteiger partial charge in [-0.05, 0) is 73.3 Å². The number of nitrogens with one attached hydrogen (secondary N) is 3. The van der Waals surface area contributed by atoms with E-state index in [-0.39, 0.29) is 27.8 Å². The van der Waals surface area contributed by atoms with Gasteiger partial charge in [-0.25, -0.2) is 4.98 Å². The molecule has 3 aliphatic carbocycles. The van der Waals surface area contributed by atoms with Crippen molar-refractivity contribution < 1.29 is 18.0 Å². The number of carbonyl (C=O) groups excluding carboxylic acids is 1. The number of aromatic nitrogens is 3. The molecule has 3 saturated carbocycles. The Morgan fingerprint density at radius 3 is 2.56 bits per heavy atom. The molecule has 4 aliphatic rings. The van der Waals surface area contributed by atoms with E-state index in [1.54, 1.807) is 13.1 Å². The van der Waals surface area contributed by atoms with Crippen LogP contribution >= 0.6 is 11.3 Å². The highest BCUT2D eigenvalue weighted by atomic mass is 32.1. The van der Waals surface area contributed by atoms with Crippen molar-refractivity contribution in [2.75, 3.05) is 30.8 Å². The number of halogens is 3. The summed E-state index contributed by atoms with van der Waals surface area (Å²) in [6.45, 7) is 9.58. The number of likely N-dealkylation sites (tertiary alicyclic amines) is 1. The number of amides is 1. The molecule has 1 aliphatic heterocycles. The molecule has 1 aromatic carbocycles. The first-order valence-corrected chi connectivity index (χ1v) is 17.5. The summed E-state index contributed by atoms with van der Waals surface area (Å²) in [6.07, 6.45) is -1.09. The smallest absolute Gasteiger partial charge is 0.367 e. The molecule has 48 heavy (non-hydrogen) atoms. The van der Waals surface area contributed by atoms with E-state index in [1.807, 2.05) is 13.0 Å². The van der Waals surface area contributed by atoms with Crippen LogP contribution in [0.4, 0.5) is 24.9 Å². The number of aryl methyl sites for hydroxylation is 1. The second-order valence-corrected chi connectivity index (χ2v) is 15.2. The van der Waals surface area contributed by atoms with Crippen LogP contribution in [0.25, 0.3) is 21.1 Å². The molecule has 1 saturated heterocycles. The van der Waals surface area contributed by atoms with E-state index < -0.39 is 12.6 Å². The molecule has 9 nitrogen and oxygen atoms in total. The standard InChI is InChI=1S/C35H41F3N8OS/c1-5-29(47)44-34-17-33(18-34,21(34)3)19-46-24(15-39)12-26-20(2)22(6-7-28(26)46)16-45-10-8-23(9-11-45)41-30-27-13-25(14-35(36,37)38)48-31(27)43-32(40-4)42-30/h6-7,12-13,21,23H,5,8-11,14,16-19H2,1-4H3,(H,44,47)(H2,40,41,42,43)/t21-,33?,34?/m0/s1. The van der Waals surface area contributed by atoms with Crippen molar-refractivity contribution >= 4 is 50.1 Å². The lowest BCUT2D eigenvalue weighted by Crippen LogP contribution is -2.81. The Hall–Kier alpha value is -3.89. The number of nitriles is 1. The van der Waals surface area contributed by atoms with Gasteiger partial charge in [0.25, 0.3) is 0 Å². The minimum absolute atomic E-state index is 0.0738. The summed E-state index contributed by atoms with van der Waals surface area (Å²) >= 11 is 1.06. The van der Waals surface area contributed by atoms with Crippen LogP contribution in [0.15, 0.2) is 24.3 Å². The van der Waals surface area contributed by atoms with Gasteiger partial charge < -0.3 is 20.5 Å². The van der Waals surface area contributed by atoms with Crippen LogP contribution in [0.1, 0.15) is 67.6 Å². The number of hydrogen-bond acceptors (Lipinski definition) is 8. The molecule has 4 heterocycles. The summed E-state index contributed by atoms with van der Waals surface area (Å²) in [5.74, 6) is 1.44. The third kappa shape index (κ3) is 5.66. The second-order valence-electron chi connectivity index (χ2n) is 14.1. The van der Waals surface area contributed by atoms with Gasteiger partial charge in [-0.2, -0.15) is 23.4 Å². The van der Waals surface area contributed by atoms with Crippen LogP contribution in [-0.2, 0) is 24.3 Å². The quantitative estimate of drug-likeness (QED) is 0.170. The molecule has 3 aromatic heterocycles. The number of fused-ring (bicyclic) bond motifs is 2. The second kappa shape index (κ2) is 11.9. The van der Waals surface area contributed by atoms with E-state index in [1.165, 1.54) is 11.1 Å². The van der Waals surface area contributed by atoms with Crippen molar-refractivity contribution in [3.63, 3.8) is 0 Å². The highest BCUT2D eigenvalue weighted by Gasteiger charge is 2.74. The Morgan fingerprint density at radius 1 is 1.17 bits per heavy atom. The number of hydrogen-bond donors (Lipinski definition) is 3. The summed E-state index contributed by atoms with van der Waals surface area (Å²) in [6, 6.07) is 10.5. The van der Waals surface area contributed by atoms with E-state index in [9.17, 15) is 23.2 Å². The van der Waals surface area contributed by atoms with Crippen molar-refractivity contribution in [1.29, 1.82) is 5.26 Å². The highest BCUT2D eigenvalue weighted by Crippen LogP contribution is 2.72. The number of carbonyl (C=O) groups is 1. The summed E-state index contributed by atoms with van der Waals surface area (Å²) in [5, 5.41) is 21.5.